The summed E-state index contributed by atoms with van der Waals surface area (Å²) in [7, 11) is 1.57. The van der Waals surface area contributed by atoms with Crippen LogP contribution in [0.5, 0.6) is 11.5 Å². The van der Waals surface area contributed by atoms with Gasteiger partial charge in [0, 0.05) is 17.3 Å². The first-order valence-corrected chi connectivity index (χ1v) is 15.3. The second-order valence-electron chi connectivity index (χ2n) is 10.9. The van der Waals surface area contributed by atoms with Crippen molar-refractivity contribution in [2.45, 2.75) is 83.2 Å². The minimum absolute atomic E-state index is 0.0114. The summed E-state index contributed by atoms with van der Waals surface area (Å²) in [6, 6.07) is 13.6. The molecular formula is C32H39N3O4S. The zero-order valence-electron chi connectivity index (χ0n) is 23.5. The van der Waals surface area contributed by atoms with Crippen molar-refractivity contribution < 1.29 is 19.1 Å². The minimum atomic E-state index is -0.273. The number of hydrogen-bond donors (Lipinski definition) is 1. The van der Waals surface area contributed by atoms with Crippen LogP contribution in [0.4, 0.5) is 5.69 Å². The molecule has 8 heteroatoms. The van der Waals surface area contributed by atoms with Crippen LogP contribution in [0.25, 0.3) is 6.08 Å². The molecule has 0 radical (unpaired) electrons. The molecule has 1 saturated heterocycles. The third kappa shape index (κ3) is 6.89. The number of thioether (sulfide) groups is 1. The van der Waals surface area contributed by atoms with Gasteiger partial charge in [-0.3, -0.25) is 19.5 Å². The Labute approximate surface area is 241 Å². The normalized spacial score (nSPS) is 20.8. The van der Waals surface area contributed by atoms with Gasteiger partial charge in [0.25, 0.3) is 11.8 Å². The third-order valence-electron chi connectivity index (χ3n) is 7.84. The fourth-order valence-electron chi connectivity index (χ4n) is 5.68. The van der Waals surface area contributed by atoms with Gasteiger partial charge in [-0.2, -0.15) is 0 Å². The van der Waals surface area contributed by atoms with E-state index in [2.05, 4.69) is 5.32 Å². The maximum absolute atomic E-state index is 13.8. The van der Waals surface area contributed by atoms with Crippen LogP contribution in [0.2, 0.25) is 0 Å². The number of rotatable bonds is 8. The number of carbonyl (C=O) groups excluding carboxylic acids is 2. The number of nitrogens with zero attached hydrogens (tertiary/aromatic N) is 2. The molecule has 212 valence electrons. The zero-order chi connectivity index (χ0) is 27.9. The lowest BCUT2D eigenvalue weighted by atomic mass is 9.94. The van der Waals surface area contributed by atoms with E-state index < -0.39 is 0 Å². The SMILES string of the molecule is COc1cccc(C=C2SC(=NC3CCCCC3)N(C3CCCCC3)C2=O)c1OCC(=O)Nc1ccc(C)cc1. The number of nitrogens with one attached hydrogen (secondary N) is 1. The van der Waals surface area contributed by atoms with Crippen LogP contribution in [0.3, 0.4) is 0 Å². The van der Waals surface area contributed by atoms with Gasteiger partial charge >= 0.3 is 0 Å². The molecule has 1 heterocycles. The minimum Gasteiger partial charge on any atom is -0.493 e. The van der Waals surface area contributed by atoms with Crippen LogP contribution in [-0.4, -0.2) is 47.7 Å². The highest BCUT2D eigenvalue weighted by Gasteiger charge is 2.39. The highest BCUT2D eigenvalue weighted by molar-refractivity contribution is 8.18. The number of ether oxygens (including phenoxy) is 2. The Kier molecular flexibility index (Phi) is 9.47. The van der Waals surface area contributed by atoms with E-state index in [1.54, 1.807) is 13.2 Å². The van der Waals surface area contributed by atoms with Crippen molar-refractivity contribution in [3.63, 3.8) is 0 Å². The monoisotopic (exact) mass is 561 g/mol. The quantitative estimate of drug-likeness (QED) is 0.353. The lowest BCUT2D eigenvalue weighted by Crippen LogP contribution is -2.41. The summed E-state index contributed by atoms with van der Waals surface area (Å²) < 4.78 is 11.6. The van der Waals surface area contributed by atoms with E-state index >= 15 is 0 Å². The molecule has 3 aliphatic rings. The summed E-state index contributed by atoms with van der Waals surface area (Å²) >= 11 is 1.47. The van der Waals surface area contributed by atoms with Crippen LogP contribution in [0.15, 0.2) is 52.4 Å². The van der Waals surface area contributed by atoms with E-state index in [1.165, 1.54) is 37.4 Å². The molecule has 0 bridgehead atoms. The maximum atomic E-state index is 13.8. The van der Waals surface area contributed by atoms with Gasteiger partial charge in [-0.15, -0.1) is 0 Å². The number of aliphatic imine (C=N–C) groups is 1. The van der Waals surface area contributed by atoms with Crippen LogP contribution in [0.1, 0.15) is 75.3 Å². The third-order valence-corrected chi connectivity index (χ3v) is 8.84. The number of para-hydroxylation sites is 1. The fraction of sp³-hybridized carbons (Fsp3) is 0.469. The smallest absolute Gasteiger partial charge is 0.267 e. The molecule has 2 saturated carbocycles. The number of amidine groups is 1. The summed E-state index contributed by atoms with van der Waals surface area (Å²) in [6.45, 7) is 1.81. The Bertz CT molecular complexity index is 1260. The molecule has 40 heavy (non-hydrogen) atoms. The molecule has 0 spiro atoms. The second kappa shape index (κ2) is 13.4. The molecule has 2 aromatic carbocycles. The van der Waals surface area contributed by atoms with Crippen molar-refractivity contribution in [1.29, 1.82) is 0 Å². The van der Waals surface area contributed by atoms with E-state index in [-0.39, 0.29) is 30.5 Å². The Morgan fingerprint density at radius 2 is 1.73 bits per heavy atom. The van der Waals surface area contributed by atoms with E-state index in [9.17, 15) is 9.59 Å². The molecule has 1 N–H and O–H groups in total. The van der Waals surface area contributed by atoms with Crippen molar-refractivity contribution in [2.24, 2.45) is 4.99 Å². The van der Waals surface area contributed by atoms with Gasteiger partial charge in [-0.1, -0.05) is 68.4 Å². The van der Waals surface area contributed by atoms with Crippen molar-refractivity contribution in [1.82, 2.24) is 4.90 Å². The molecule has 1 aliphatic heterocycles. The predicted molar refractivity (Wildman–Crippen MR) is 162 cm³/mol. The molecular weight excluding hydrogens is 522 g/mol. The summed E-state index contributed by atoms with van der Waals surface area (Å²) in [5, 5.41) is 3.71. The molecule has 2 aliphatic carbocycles. The van der Waals surface area contributed by atoms with Gasteiger partial charge < -0.3 is 14.8 Å². The average Bonchev–Trinajstić information content (AvgIpc) is 3.28. The van der Waals surface area contributed by atoms with E-state index in [1.807, 2.05) is 54.3 Å². The topological polar surface area (TPSA) is 80.2 Å². The number of methoxy groups -OCH3 is 1. The molecule has 0 atom stereocenters. The van der Waals surface area contributed by atoms with Crippen molar-refractivity contribution >= 4 is 40.5 Å². The van der Waals surface area contributed by atoms with Crippen molar-refractivity contribution in [2.75, 3.05) is 19.0 Å². The first-order valence-electron chi connectivity index (χ1n) is 14.5. The van der Waals surface area contributed by atoms with Gasteiger partial charge in [0.05, 0.1) is 18.1 Å². The number of aryl methyl sites for hydroxylation is 1. The molecule has 2 aromatic rings. The molecule has 3 fully saturated rings. The summed E-state index contributed by atoms with van der Waals surface area (Å²) in [6.07, 6.45) is 13.3. The Hall–Kier alpha value is -3.26. The predicted octanol–water partition coefficient (Wildman–Crippen LogP) is 6.96. The molecule has 0 aromatic heterocycles. The van der Waals surface area contributed by atoms with Crippen molar-refractivity contribution in [3.05, 3.63) is 58.5 Å². The Morgan fingerprint density at radius 3 is 2.42 bits per heavy atom. The largest absolute Gasteiger partial charge is 0.493 e. The first-order chi connectivity index (χ1) is 19.5. The maximum Gasteiger partial charge on any atom is 0.267 e. The van der Waals surface area contributed by atoms with E-state index in [4.69, 9.17) is 14.5 Å². The number of benzene rings is 2. The highest BCUT2D eigenvalue weighted by atomic mass is 32.2. The fourth-order valence-corrected chi connectivity index (χ4v) is 6.78. The number of anilines is 1. The summed E-state index contributed by atoms with van der Waals surface area (Å²) in [5.41, 5.74) is 2.53. The summed E-state index contributed by atoms with van der Waals surface area (Å²) in [5.74, 6) is 0.683. The van der Waals surface area contributed by atoms with Gasteiger partial charge in [0.1, 0.15) is 0 Å². The van der Waals surface area contributed by atoms with Crippen LogP contribution >= 0.6 is 11.8 Å². The van der Waals surface area contributed by atoms with Gasteiger partial charge in [-0.25, -0.2) is 0 Å². The molecule has 0 unspecified atom stereocenters. The lowest BCUT2D eigenvalue weighted by molar-refractivity contribution is -0.124. The molecule has 2 amide bonds. The Morgan fingerprint density at radius 1 is 1.02 bits per heavy atom. The second-order valence-corrected chi connectivity index (χ2v) is 11.9. The molecule has 7 nitrogen and oxygen atoms in total. The number of carbonyl (C=O) groups is 2. The van der Waals surface area contributed by atoms with E-state index in [0.717, 1.165) is 49.3 Å². The average molecular weight is 562 g/mol. The van der Waals surface area contributed by atoms with Crippen molar-refractivity contribution in [3.8, 4) is 11.5 Å². The van der Waals surface area contributed by atoms with Crippen LogP contribution < -0.4 is 14.8 Å². The zero-order valence-corrected chi connectivity index (χ0v) is 24.3. The van der Waals surface area contributed by atoms with Crippen LogP contribution in [-0.2, 0) is 9.59 Å². The summed E-state index contributed by atoms with van der Waals surface area (Å²) in [4.78, 5) is 34.2. The highest BCUT2D eigenvalue weighted by Crippen LogP contribution is 2.40. The van der Waals surface area contributed by atoms with Crippen LogP contribution in [0, 0.1) is 6.92 Å². The lowest BCUT2D eigenvalue weighted by Gasteiger charge is -2.31. The standard InChI is InChI=1S/C32H39N3O4S/c1-22-16-18-25(19-17-22)33-29(36)21-39-30-23(10-9-15-27(30)38-2)20-28-31(37)35(26-13-7-4-8-14-26)32(40-28)34-24-11-5-3-6-12-24/h9-10,15-20,24,26H,3-8,11-14,21H2,1-2H3,(H,33,36). The van der Waals surface area contributed by atoms with E-state index in [0.29, 0.717) is 27.7 Å². The van der Waals surface area contributed by atoms with Gasteiger partial charge in [0.2, 0.25) is 0 Å². The molecule has 5 rings (SSSR count). The van der Waals surface area contributed by atoms with Gasteiger partial charge in [0.15, 0.2) is 23.3 Å². The van der Waals surface area contributed by atoms with Gasteiger partial charge in [-0.05, 0) is 68.6 Å². The Balaban J connectivity index is 1.38. The first kappa shape index (κ1) is 28.3. The number of hydrogen-bond acceptors (Lipinski definition) is 6. The number of amides is 2.